The Hall–Kier alpha value is -2.27. The Morgan fingerprint density at radius 3 is 2.52 bits per heavy atom. The van der Waals surface area contributed by atoms with Crippen LogP contribution in [0.1, 0.15) is 15.9 Å². The van der Waals surface area contributed by atoms with E-state index in [4.69, 9.17) is 4.74 Å². The zero-order valence-electron chi connectivity index (χ0n) is 11.4. The first-order chi connectivity index (χ1) is 10.1. The lowest BCUT2D eigenvalue weighted by atomic mass is 10.1. The van der Waals surface area contributed by atoms with Gasteiger partial charge in [0.2, 0.25) is 5.82 Å². The largest absolute Gasteiger partial charge is 0.494 e. The van der Waals surface area contributed by atoms with Gasteiger partial charge in [0.25, 0.3) is 0 Å². The molecule has 0 spiro atoms. The van der Waals surface area contributed by atoms with Gasteiger partial charge in [-0.05, 0) is 17.7 Å². The third-order valence-electron chi connectivity index (χ3n) is 2.88. The number of halogens is 2. The molecule has 0 N–H and O–H groups in total. The molecular formula is C16H14F2O3. The van der Waals surface area contributed by atoms with Crippen molar-refractivity contribution < 1.29 is 23.0 Å². The van der Waals surface area contributed by atoms with Crippen molar-refractivity contribution in [2.75, 3.05) is 13.7 Å². The molecule has 2 aromatic rings. The van der Waals surface area contributed by atoms with Gasteiger partial charge in [-0.2, -0.15) is 4.39 Å². The van der Waals surface area contributed by atoms with E-state index in [1.54, 1.807) is 0 Å². The van der Waals surface area contributed by atoms with E-state index < -0.39 is 17.4 Å². The first-order valence-electron chi connectivity index (χ1n) is 6.29. The summed E-state index contributed by atoms with van der Waals surface area (Å²) < 4.78 is 36.6. The van der Waals surface area contributed by atoms with Crippen molar-refractivity contribution in [2.24, 2.45) is 0 Å². The molecule has 0 unspecified atom stereocenters. The van der Waals surface area contributed by atoms with Gasteiger partial charge < -0.3 is 9.47 Å². The molecule has 0 fully saturated rings. The fourth-order valence-corrected chi connectivity index (χ4v) is 1.79. The van der Waals surface area contributed by atoms with Gasteiger partial charge in [-0.3, -0.25) is 4.79 Å². The van der Waals surface area contributed by atoms with Crippen LogP contribution in [0.2, 0.25) is 0 Å². The molecule has 0 saturated heterocycles. The predicted molar refractivity (Wildman–Crippen MR) is 73.3 cm³/mol. The smallest absolute Gasteiger partial charge is 0.200 e. The lowest BCUT2D eigenvalue weighted by Crippen LogP contribution is -2.10. The van der Waals surface area contributed by atoms with Gasteiger partial charge in [-0.25, -0.2) is 4.39 Å². The van der Waals surface area contributed by atoms with E-state index in [9.17, 15) is 13.6 Å². The molecule has 21 heavy (non-hydrogen) atoms. The van der Waals surface area contributed by atoms with Crippen molar-refractivity contribution in [1.82, 2.24) is 0 Å². The second-order valence-corrected chi connectivity index (χ2v) is 4.38. The minimum Gasteiger partial charge on any atom is -0.494 e. The molecule has 5 heteroatoms. The van der Waals surface area contributed by atoms with E-state index in [-0.39, 0.29) is 24.5 Å². The van der Waals surface area contributed by atoms with Crippen molar-refractivity contribution in [1.29, 1.82) is 0 Å². The Morgan fingerprint density at radius 2 is 1.86 bits per heavy atom. The summed E-state index contributed by atoms with van der Waals surface area (Å²) in [6.07, 6.45) is 0. The Kier molecular flexibility index (Phi) is 5.00. The molecule has 2 aromatic carbocycles. The molecule has 2 rings (SSSR count). The van der Waals surface area contributed by atoms with Gasteiger partial charge in [0.1, 0.15) is 6.61 Å². The molecule has 0 amide bonds. The van der Waals surface area contributed by atoms with Crippen molar-refractivity contribution in [3.05, 3.63) is 65.2 Å². The molecule has 0 atom stereocenters. The number of ether oxygens (including phenoxy) is 2. The number of hydrogen-bond acceptors (Lipinski definition) is 3. The number of carbonyl (C=O) groups is 1. The van der Waals surface area contributed by atoms with Crippen LogP contribution < -0.4 is 4.74 Å². The Labute approximate surface area is 121 Å². The molecule has 0 bridgehead atoms. The monoisotopic (exact) mass is 292 g/mol. The number of benzene rings is 2. The van der Waals surface area contributed by atoms with Crippen molar-refractivity contribution >= 4 is 5.78 Å². The topological polar surface area (TPSA) is 35.5 Å². The summed E-state index contributed by atoms with van der Waals surface area (Å²) >= 11 is 0. The predicted octanol–water partition coefficient (Wildman–Crippen LogP) is 3.37. The van der Waals surface area contributed by atoms with E-state index in [0.717, 1.165) is 17.7 Å². The number of Topliss-reactive ketones (excluding diaryl/α,β-unsaturated/α-hetero) is 1. The Bertz CT molecular complexity index is 627. The SMILES string of the molecule is COc1cc(C(=O)COCc2ccccc2)cc(F)c1F. The summed E-state index contributed by atoms with van der Waals surface area (Å²) in [5.74, 6) is -2.98. The molecule has 3 nitrogen and oxygen atoms in total. The van der Waals surface area contributed by atoms with Crippen molar-refractivity contribution in [3.8, 4) is 5.75 Å². The zero-order chi connectivity index (χ0) is 15.2. The molecule has 0 aliphatic rings. The lowest BCUT2D eigenvalue weighted by molar-refractivity contribution is 0.0725. The summed E-state index contributed by atoms with van der Waals surface area (Å²) in [5.41, 5.74) is 0.937. The maximum Gasteiger partial charge on any atom is 0.200 e. The van der Waals surface area contributed by atoms with Gasteiger partial charge in [0, 0.05) is 5.56 Å². The van der Waals surface area contributed by atoms with E-state index in [1.807, 2.05) is 30.3 Å². The van der Waals surface area contributed by atoms with Crippen LogP contribution in [0.5, 0.6) is 5.75 Å². The van der Waals surface area contributed by atoms with Crippen LogP contribution in [0, 0.1) is 11.6 Å². The number of hydrogen-bond donors (Lipinski definition) is 0. The van der Waals surface area contributed by atoms with E-state index >= 15 is 0 Å². The maximum atomic E-state index is 13.3. The number of rotatable bonds is 6. The van der Waals surface area contributed by atoms with Gasteiger partial charge in [-0.15, -0.1) is 0 Å². The maximum absolute atomic E-state index is 13.3. The molecule has 0 aromatic heterocycles. The molecule has 0 saturated carbocycles. The minimum absolute atomic E-state index is 0.0128. The average Bonchev–Trinajstić information content (AvgIpc) is 2.50. The normalized spacial score (nSPS) is 10.4. The Morgan fingerprint density at radius 1 is 1.14 bits per heavy atom. The number of methoxy groups -OCH3 is 1. The molecular weight excluding hydrogens is 278 g/mol. The lowest BCUT2D eigenvalue weighted by Gasteiger charge is -2.07. The van der Waals surface area contributed by atoms with Crippen LogP contribution in [0.15, 0.2) is 42.5 Å². The van der Waals surface area contributed by atoms with Gasteiger partial charge in [0.05, 0.1) is 13.7 Å². The molecule has 0 aliphatic heterocycles. The van der Waals surface area contributed by atoms with E-state index in [1.165, 1.54) is 7.11 Å². The molecule has 0 radical (unpaired) electrons. The average molecular weight is 292 g/mol. The number of ketones is 1. The van der Waals surface area contributed by atoms with Crippen LogP contribution in [0.25, 0.3) is 0 Å². The minimum atomic E-state index is -1.12. The summed E-state index contributed by atoms with van der Waals surface area (Å²) in [5, 5.41) is 0. The second-order valence-electron chi connectivity index (χ2n) is 4.38. The van der Waals surface area contributed by atoms with Crippen LogP contribution in [-0.4, -0.2) is 19.5 Å². The zero-order valence-corrected chi connectivity index (χ0v) is 11.4. The van der Waals surface area contributed by atoms with E-state index in [0.29, 0.717) is 0 Å². The highest BCUT2D eigenvalue weighted by molar-refractivity contribution is 5.97. The summed E-state index contributed by atoms with van der Waals surface area (Å²) in [4.78, 5) is 11.9. The fraction of sp³-hybridized carbons (Fsp3) is 0.188. The van der Waals surface area contributed by atoms with E-state index in [2.05, 4.69) is 4.74 Å². The van der Waals surface area contributed by atoms with Crippen LogP contribution in [-0.2, 0) is 11.3 Å². The first-order valence-corrected chi connectivity index (χ1v) is 6.29. The van der Waals surface area contributed by atoms with Gasteiger partial charge in [0.15, 0.2) is 17.3 Å². The molecule has 0 heterocycles. The third kappa shape index (κ3) is 3.86. The highest BCUT2D eigenvalue weighted by Crippen LogP contribution is 2.22. The van der Waals surface area contributed by atoms with Crippen molar-refractivity contribution in [2.45, 2.75) is 6.61 Å². The summed E-state index contributed by atoms with van der Waals surface area (Å²) in [6.45, 7) is 0.0521. The number of carbonyl (C=O) groups excluding carboxylic acids is 1. The highest BCUT2D eigenvalue weighted by Gasteiger charge is 2.15. The van der Waals surface area contributed by atoms with Crippen LogP contribution in [0.3, 0.4) is 0 Å². The molecule has 0 aliphatic carbocycles. The fourth-order valence-electron chi connectivity index (χ4n) is 1.79. The van der Waals surface area contributed by atoms with Crippen molar-refractivity contribution in [3.63, 3.8) is 0 Å². The summed E-state index contributed by atoms with van der Waals surface area (Å²) in [7, 11) is 1.21. The van der Waals surface area contributed by atoms with Gasteiger partial charge in [-0.1, -0.05) is 30.3 Å². The Balaban J connectivity index is 1.99. The third-order valence-corrected chi connectivity index (χ3v) is 2.88. The first kappa shape index (κ1) is 15.1. The standard InChI is InChI=1S/C16H14F2O3/c1-20-15-8-12(7-13(17)16(15)18)14(19)10-21-9-11-5-3-2-4-6-11/h2-8H,9-10H2,1H3. The second kappa shape index (κ2) is 6.95. The van der Waals surface area contributed by atoms with Crippen LogP contribution >= 0.6 is 0 Å². The highest BCUT2D eigenvalue weighted by atomic mass is 19.2. The quantitative estimate of drug-likeness (QED) is 0.766. The summed E-state index contributed by atoms with van der Waals surface area (Å²) in [6, 6.07) is 11.3. The molecule has 110 valence electrons. The van der Waals surface area contributed by atoms with Gasteiger partial charge >= 0.3 is 0 Å². The van der Waals surface area contributed by atoms with Crippen LogP contribution in [0.4, 0.5) is 8.78 Å².